The Bertz CT molecular complexity index is 439. The number of nitrogens with zero attached hydrogens (tertiary/aromatic N) is 3. The van der Waals surface area contributed by atoms with Crippen LogP contribution in [0.25, 0.3) is 0 Å². The van der Waals surface area contributed by atoms with Crippen molar-refractivity contribution in [2.75, 3.05) is 13.1 Å². The van der Waals surface area contributed by atoms with Gasteiger partial charge in [0.25, 0.3) is 0 Å². The summed E-state index contributed by atoms with van der Waals surface area (Å²) in [6.07, 6.45) is 9.04. The van der Waals surface area contributed by atoms with Gasteiger partial charge in [-0.1, -0.05) is 13.8 Å². The maximum atomic E-state index is 6.18. The van der Waals surface area contributed by atoms with Crippen molar-refractivity contribution in [1.82, 2.24) is 14.5 Å². The molecule has 19 heavy (non-hydrogen) atoms. The molecule has 4 heteroatoms. The van der Waals surface area contributed by atoms with E-state index < -0.39 is 0 Å². The SMILES string of the molecule is CC1(C)CCC(CN)(N2CCn3ccnc3C2)CC1. The van der Waals surface area contributed by atoms with E-state index in [0.717, 1.165) is 26.2 Å². The lowest BCUT2D eigenvalue weighted by atomic mass is 9.68. The number of nitrogens with two attached hydrogens (primary N) is 1. The molecular formula is C15H26N4. The van der Waals surface area contributed by atoms with Crippen molar-refractivity contribution in [1.29, 1.82) is 0 Å². The molecule has 2 aliphatic rings. The third-order valence-corrected chi connectivity index (χ3v) is 5.33. The van der Waals surface area contributed by atoms with Crippen LogP contribution < -0.4 is 5.73 Å². The van der Waals surface area contributed by atoms with Gasteiger partial charge < -0.3 is 10.3 Å². The summed E-state index contributed by atoms with van der Waals surface area (Å²) in [6.45, 7) is 8.68. The molecule has 1 aromatic rings. The fourth-order valence-corrected chi connectivity index (χ4v) is 3.62. The molecule has 0 atom stereocenters. The van der Waals surface area contributed by atoms with Gasteiger partial charge in [0.05, 0.1) is 6.54 Å². The average Bonchev–Trinajstić information content (AvgIpc) is 2.87. The molecule has 0 unspecified atom stereocenters. The molecule has 1 fully saturated rings. The molecule has 0 spiro atoms. The Morgan fingerprint density at radius 3 is 2.63 bits per heavy atom. The van der Waals surface area contributed by atoms with Crippen LogP contribution in [0.1, 0.15) is 45.4 Å². The normalized spacial score (nSPS) is 26.1. The van der Waals surface area contributed by atoms with E-state index in [1.807, 2.05) is 6.20 Å². The predicted octanol–water partition coefficient (Wildman–Crippen LogP) is 2.00. The molecule has 1 aliphatic heterocycles. The van der Waals surface area contributed by atoms with Crippen molar-refractivity contribution in [3.05, 3.63) is 18.2 Å². The molecule has 0 aromatic carbocycles. The van der Waals surface area contributed by atoms with Gasteiger partial charge in [0.15, 0.2) is 0 Å². The summed E-state index contributed by atoms with van der Waals surface area (Å²) in [5, 5.41) is 0. The monoisotopic (exact) mass is 262 g/mol. The number of fused-ring (bicyclic) bond motifs is 1. The molecule has 1 saturated carbocycles. The Balaban J connectivity index is 1.77. The van der Waals surface area contributed by atoms with Crippen molar-refractivity contribution in [2.45, 2.75) is 58.2 Å². The molecule has 0 radical (unpaired) electrons. The molecule has 2 heterocycles. The van der Waals surface area contributed by atoms with Crippen LogP contribution in [-0.2, 0) is 13.1 Å². The second-order valence-corrected chi connectivity index (χ2v) is 7.05. The van der Waals surface area contributed by atoms with Crippen molar-refractivity contribution >= 4 is 0 Å². The molecule has 4 nitrogen and oxygen atoms in total. The van der Waals surface area contributed by atoms with Crippen molar-refractivity contribution in [3.63, 3.8) is 0 Å². The minimum Gasteiger partial charge on any atom is -0.333 e. The van der Waals surface area contributed by atoms with Crippen LogP contribution in [0.2, 0.25) is 0 Å². The Kier molecular flexibility index (Phi) is 3.18. The highest BCUT2D eigenvalue weighted by atomic mass is 15.3. The molecule has 2 N–H and O–H groups in total. The van der Waals surface area contributed by atoms with E-state index in [1.165, 1.54) is 31.5 Å². The van der Waals surface area contributed by atoms with Crippen LogP contribution in [0.3, 0.4) is 0 Å². The highest BCUT2D eigenvalue weighted by molar-refractivity contribution is 5.03. The minimum atomic E-state index is 0.215. The summed E-state index contributed by atoms with van der Waals surface area (Å²) in [7, 11) is 0. The van der Waals surface area contributed by atoms with Gasteiger partial charge in [0.1, 0.15) is 5.82 Å². The van der Waals surface area contributed by atoms with Gasteiger partial charge in [-0.15, -0.1) is 0 Å². The van der Waals surface area contributed by atoms with Crippen LogP contribution in [0.4, 0.5) is 0 Å². The molecular weight excluding hydrogens is 236 g/mol. The van der Waals surface area contributed by atoms with Crippen LogP contribution in [-0.4, -0.2) is 33.1 Å². The third kappa shape index (κ3) is 2.32. The Hall–Kier alpha value is -0.870. The zero-order valence-corrected chi connectivity index (χ0v) is 12.2. The number of rotatable bonds is 2. The van der Waals surface area contributed by atoms with Crippen LogP contribution in [0.5, 0.6) is 0 Å². The highest BCUT2D eigenvalue weighted by Crippen LogP contribution is 2.43. The first kappa shape index (κ1) is 13.1. The molecule has 1 aliphatic carbocycles. The fourth-order valence-electron chi connectivity index (χ4n) is 3.62. The van der Waals surface area contributed by atoms with Crippen molar-refractivity contribution in [2.24, 2.45) is 11.1 Å². The van der Waals surface area contributed by atoms with Gasteiger partial charge in [-0.3, -0.25) is 4.90 Å². The van der Waals surface area contributed by atoms with Gasteiger partial charge in [0.2, 0.25) is 0 Å². The maximum Gasteiger partial charge on any atom is 0.122 e. The van der Waals surface area contributed by atoms with E-state index in [0.29, 0.717) is 5.41 Å². The lowest BCUT2D eigenvalue weighted by molar-refractivity contribution is 0.00402. The van der Waals surface area contributed by atoms with Gasteiger partial charge >= 0.3 is 0 Å². The van der Waals surface area contributed by atoms with E-state index in [-0.39, 0.29) is 5.54 Å². The average molecular weight is 262 g/mol. The number of hydrogen-bond donors (Lipinski definition) is 1. The summed E-state index contributed by atoms with van der Waals surface area (Å²) in [4.78, 5) is 7.08. The first-order valence-corrected chi connectivity index (χ1v) is 7.50. The van der Waals surface area contributed by atoms with Gasteiger partial charge in [0, 0.05) is 37.6 Å². The van der Waals surface area contributed by atoms with Crippen molar-refractivity contribution < 1.29 is 0 Å². The summed E-state index contributed by atoms with van der Waals surface area (Å²) < 4.78 is 2.27. The summed E-state index contributed by atoms with van der Waals surface area (Å²) in [5.41, 5.74) is 6.89. The van der Waals surface area contributed by atoms with Gasteiger partial charge in [-0.25, -0.2) is 4.98 Å². The maximum absolute atomic E-state index is 6.18. The smallest absolute Gasteiger partial charge is 0.122 e. The third-order valence-electron chi connectivity index (χ3n) is 5.33. The molecule has 0 saturated heterocycles. The van der Waals surface area contributed by atoms with E-state index in [9.17, 15) is 0 Å². The number of imidazole rings is 1. The lowest BCUT2D eigenvalue weighted by Gasteiger charge is -2.50. The van der Waals surface area contributed by atoms with Crippen LogP contribution in [0, 0.1) is 5.41 Å². The molecule has 0 amide bonds. The quantitative estimate of drug-likeness (QED) is 0.886. The standard InChI is InChI=1S/C15H26N4/c1-14(2)3-5-15(12-16,6-4-14)19-10-9-18-8-7-17-13(18)11-19/h7-8H,3-6,9-12,16H2,1-2H3. The molecule has 0 bridgehead atoms. The predicted molar refractivity (Wildman–Crippen MR) is 76.7 cm³/mol. The van der Waals surface area contributed by atoms with Crippen LogP contribution >= 0.6 is 0 Å². The van der Waals surface area contributed by atoms with Crippen LogP contribution in [0.15, 0.2) is 12.4 Å². The minimum absolute atomic E-state index is 0.215. The largest absolute Gasteiger partial charge is 0.333 e. The van der Waals surface area contributed by atoms with Gasteiger partial charge in [-0.2, -0.15) is 0 Å². The molecule has 3 rings (SSSR count). The fraction of sp³-hybridized carbons (Fsp3) is 0.800. The first-order chi connectivity index (χ1) is 9.05. The van der Waals surface area contributed by atoms with Gasteiger partial charge in [-0.05, 0) is 31.1 Å². The summed E-state index contributed by atoms with van der Waals surface area (Å²) in [5.74, 6) is 1.20. The first-order valence-electron chi connectivity index (χ1n) is 7.50. The van der Waals surface area contributed by atoms with E-state index in [2.05, 4.69) is 34.5 Å². The second-order valence-electron chi connectivity index (χ2n) is 7.05. The Morgan fingerprint density at radius 2 is 1.95 bits per heavy atom. The summed E-state index contributed by atoms with van der Waals surface area (Å²) >= 11 is 0. The Morgan fingerprint density at radius 1 is 1.21 bits per heavy atom. The second kappa shape index (κ2) is 4.60. The molecule has 1 aromatic heterocycles. The number of hydrogen-bond acceptors (Lipinski definition) is 3. The Labute approximate surface area is 116 Å². The van der Waals surface area contributed by atoms with Crippen molar-refractivity contribution in [3.8, 4) is 0 Å². The topological polar surface area (TPSA) is 47.1 Å². The van der Waals surface area contributed by atoms with E-state index >= 15 is 0 Å². The summed E-state index contributed by atoms with van der Waals surface area (Å²) in [6, 6.07) is 0. The molecule has 106 valence electrons. The zero-order chi connectivity index (χ0) is 13.5. The number of aromatic nitrogens is 2. The highest BCUT2D eigenvalue weighted by Gasteiger charge is 2.42. The van der Waals surface area contributed by atoms with E-state index in [4.69, 9.17) is 5.73 Å². The zero-order valence-electron chi connectivity index (χ0n) is 12.2. The van der Waals surface area contributed by atoms with E-state index in [1.54, 1.807) is 0 Å². The lowest BCUT2D eigenvalue weighted by Crippen LogP contribution is -2.58.